The molecule has 1 saturated carbocycles. The van der Waals surface area contributed by atoms with Crippen LogP contribution in [-0.2, 0) is 10.3 Å². The first kappa shape index (κ1) is 13.8. The van der Waals surface area contributed by atoms with E-state index >= 15 is 0 Å². The van der Waals surface area contributed by atoms with Crippen LogP contribution in [0.25, 0.3) is 0 Å². The number of nitrogens with zero attached hydrogens (tertiary/aromatic N) is 1. The molecule has 2 N–H and O–H groups in total. The van der Waals surface area contributed by atoms with Crippen molar-refractivity contribution in [3.8, 4) is 0 Å². The van der Waals surface area contributed by atoms with Crippen LogP contribution < -0.4 is 10.6 Å². The van der Waals surface area contributed by atoms with E-state index in [-0.39, 0.29) is 17.2 Å². The number of amides is 1. The van der Waals surface area contributed by atoms with Gasteiger partial charge in [0, 0.05) is 23.7 Å². The fourth-order valence-corrected chi connectivity index (χ4v) is 3.59. The Morgan fingerprint density at radius 1 is 1.60 bits per heavy atom. The number of nitrogens with one attached hydrogen (secondary N) is 2. The Morgan fingerprint density at radius 2 is 2.35 bits per heavy atom. The van der Waals surface area contributed by atoms with Crippen molar-refractivity contribution in [2.75, 3.05) is 13.1 Å². The predicted molar refractivity (Wildman–Crippen MR) is 78.4 cm³/mol. The highest BCUT2D eigenvalue weighted by Crippen LogP contribution is 2.60. The zero-order valence-electron chi connectivity index (χ0n) is 12.0. The molecular formula is C15H20ClN3O. The second kappa shape index (κ2) is 4.43. The third kappa shape index (κ3) is 2.11. The van der Waals surface area contributed by atoms with E-state index in [1.807, 2.05) is 13.8 Å². The van der Waals surface area contributed by atoms with Gasteiger partial charge in [-0.1, -0.05) is 18.5 Å². The summed E-state index contributed by atoms with van der Waals surface area (Å²) in [7, 11) is 0. The lowest BCUT2D eigenvalue weighted by Gasteiger charge is -2.26. The number of halogens is 1. The summed E-state index contributed by atoms with van der Waals surface area (Å²) in [5.41, 5.74) is 0.414. The fourth-order valence-electron chi connectivity index (χ4n) is 3.43. The first-order valence-corrected chi connectivity index (χ1v) is 7.37. The van der Waals surface area contributed by atoms with Crippen LogP contribution in [-0.4, -0.2) is 24.0 Å². The molecule has 1 aromatic rings. The Balaban J connectivity index is 1.72. The highest BCUT2D eigenvalue weighted by molar-refractivity contribution is 6.30. The number of hydrogen-bond donors (Lipinski definition) is 2. The van der Waals surface area contributed by atoms with Gasteiger partial charge in [-0.05, 0) is 43.9 Å². The van der Waals surface area contributed by atoms with E-state index in [9.17, 15) is 4.79 Å². The van der Waals surface area contributed by atoms with E-state index in [1.165, 1.54) is 0 Å². The molecule has 3 atom stereocenters. The number of fused-ring (bicyclic) bond motifs is 1. The van der Waals surface area contributed by atoms with Gasteiger partial charge in [-0.3, -0.25) is 9.78 Å². The maximum atomic E-state index is 12.5. The van der Waals surface area contributed by atoms with Gasteiger partial charge < -0.3 is 10.6 Å². The van der Waals surface area contributed by atoms with Crippen LogP contribution >= 0.6 is 11.6 Å². The molecule has 0 radical (unpaired) electrons. The Hall–Kier alpha value is -1.13. The van der Waals surface area contributed by atoms with Gasteiger partial charge in [-0.25, -0.2) is 0 Å². The quantitative estimate of drug-likeness (QED) is 0.895. The molecule has 20 heavy (non-hydrogen) atoms. The molecule has 3 rings (SSSR count). The highest BCUT2D eigenvalue weighted by Gasteiger charge is 2.67. The Kier molecular flexibility index (Phi) is 3.07. The Morgan fingerprint density at radius 3 is 2.95 bits per heavy atom. The summed E-state index contributed by atoms with van der Waals surface area (Å²) in [6, 6.07) is 3.54. The molecule has 0 aromatic carbocycles. The highest BCUT2D eigenvalue weighted by atomic mass is 35.5. The summed E-state index contributed by atoms with van der Waals surface area (Å²) in [6.07, 6.45) is 1.67. The molecule has 1 aromatic heterocycles. The van der Waals surface area contributed by atoms with Crippen molar-refractivity contribution in [1.29, 1.82) is 0 Å². The minimum Gasteiger partial charge on any atom is -0.345 e. The van der Waals surface area contributed by atoms with E-state index in [0.29, 0.717) is 10.9 Å². The molecule has 2 heterocycles. The molecule has 4 nitrogen and oxygen atoms in total. The average Bonchev–Trinajstić information content (AvgIpc) is 2.76. The predicted octanol–water partition coefficient (Wildman–Crippen LogP) is 1.94. The normalized spacial score (nSPS) is 31.8. The number of piperidine rings is 1. The molecule has 5 heteroatoms. The first-order valence-electron chi connectivity index (χ1n) is 6.99. The molecule has 1 saturated heterocycles. The van der Waals surface area contributed by atoms with Crippen LogP contribution in [0, 0.1) is 17.3 Å². The number of carbonyl (C=O) groups is 1. The van der Waals surface area contributed by atoms with Gasteiger partial charge in [0.25, 0.3) is 0 Å². The molecule has 2 fully saturated rings. The van der Waals surface area contributed by atoms with Crippen molar-refractivity contribution in [3.05, 3.63) is 29.0 Å². The summed E-state index contributed by atoms with van der Waals surface area (Å²) in [6.45, 7) is 7.99. The summed E-state index contributed by atoms with van der Waals surface area (Å²) in [5.74, 6) is 0.735. The second-order valence-corrected chi connectivity index (χ2v) is 7.13. The van der Waals surface area contributed by atoms with Crippen molar-refractivity contribution in [2.45, 2.75) is 26.3 Å². The topological polar surface area (TPSA) is 54.0 Å². The molecular weight excluding hydrogens is 274 g/mol. The SMILES string of the molecule is CC(C)(NC(=O)C1C2CNCC21C)c1cc(Cl)ccn1. The van der Waals surface area contributed by atoms with Crippen LogP contribution in [0.2, 0.25) is 5.02 Å². The standard InChI is InChI=1S/C15H20ClN3O/c1-14(2,11-6-9(16)4-5-18-11)19-13(20)12-10-7-17-8-15(10,12)3/h4-6,10,12,17H,7-8H2,1-3H3,(H,19,20). The molecule has 0 spiro atoms. The maximum Gasteiger partial charge on any atom is 0.224 e. The molecule has 1 amide bonds. The fraction of sp³-hybridized carbons (Fsp3) is 0.600. The van der Waals surface area contributed by atoms with Crippen molar-refractivity contribution in [3.63, 3.8) is 0 Å². The van der Waals surface area contributed by atoms with Crippen LogP contribution in [0.5, 0.6) is 0 Å². The van der Waals surface area contributed by atoms with Gasteiger partial charge >= 0.3 is 0 Å². The largest absolute Gasteiger partial charge is 0.345 e. The Bertz CT molecular complexity index is 560. The number of aromatic nitrogens is 1. The van der Waals surface area contributed by atoms with E-state index in [4.69, 9.17) is 11.6 Å². The zero-order valence-corrected chi connectivity index (χ0v) is 12.8. The minimum atomic E-state index is -0.511. The summed E-state index contributed by atoms with van der Waals surface area (Å²) in [4.78, 5) is 16.8. The van der Waals surface area contributed by atoms with E-state index in [2.05, 4.69) is 22.5 Å². The smallest absolute Gasteiger partial charge is 0.224 e. The van der Waals surface area contributed by atoms with Crippen LogP contribution in [0.4, 0.5) is 0 Å². The molecule has 1 aliphatic heterocycles. The Labute approximate surface area is 124 Å². The van der Waals surface area contributed by atoms with Crippen molar-refractivity contribution >= 4 is 17.5 Å². The molecule has 0 bridgehead atoms. The average molecular weight is 294 g/mol. The monoisotopic (exact) mass is 293 g/mol. The lowest BCUT2D eigenvalue weighted by Crippen LogP contribution is -2.44. The van der Waals surface area contributed by atoms with Crippen LogP contribution in [0.3, 0.4) is 0 Å². The van der Waals surface area contributed by atoms with Gasteiger partial charge in [0.2, 0.25) is 5.91 Å². The number of pyridine rings is 1. The lowest BCUT2D eigenvalue weighted by molar-refractivity contribution is -0.125. The van der Waals surface area contributed by atoms with Gasteiger partial charge in [0.15, 0.2) is 0 Å². The lowest BCUT2D eigenvalue weighted by atomic mass is 9.98. The molecule has 3 unspecified atom stereocenters. The third-order valence-electron chi connectivity index (χ3n) is 4.80. The molecule has 108 valence electrons. The van der Waals surface area contributed by atoms with E-state index < -0.39 is 5.54 Å². The number of hydrogen-bond acceptors (Lipinski definition) is 3. The summed E-state index contributed by atoms with van der Waals surface area (Å²) >= 11 is 6.00. The zero-order chi connectivity index (χ0) is 14.5. The van der Waals surface area contributed by atoms with Gasteiger partial charge in [0.05, 0.1) is 11.2 Å². The minimum absolute atomic E-state index is 0.127. The second-order valence-electron chi connectivity index (χ2n) is 6.69. The van der Waals surface area contributed by atoms with Crippen LogP contribution in [0.15, 0.2) is 18.3 Å². The molecule has 2 aliphatic rings. The summed E-state index contributed by atoms with van der Waals surface area (Å²) < 4.78 is 0. The van der Waals surface area contributed by atoms with Gasteiger partial charge in [-0.2, -0.15) is 0 Å². The molecule has 1 aliphatic carbocycles. The van der Waals surface area contributed by atoms with Gasteiger partial charge in [-0.15, -0.1) is 0 Å². The van der Waals surface area contributed by atoms with Crippen LogP contribution in [0.1, 0.15) is 26.5 Å². The van der Waals surface area contributed by atoms with E-state index in [0.717, 1.165) is 18.8 Å². The van der Waals surface area contributed by atoms with Gasteiger partial charge in [0.1, 0.15) is 0 Å². The number of carbonyl (C=O) groups excluding carboxylic acids is 1. The summed E-state index contributed by atoms with van der Waals surface area (Å²) in [5, 5.41) is 7.10. The van der Waals surface area contributed by atoms with Crippen molar-refractivity contribution < 1.29 is 4.79 Å². The first-order chi connectivity index (χ1) is 9.34. The van der Waals surface area contributed by atoms with Crippen molar-refractivity contribution in [1.82, 2.24) is 15.6 Å². The number of rotatable bonds is 3. The van der Waals surface area contributed by atoms with Crippen molar-refractivity contribution in [2.24, 2.45) is 17.3 Å². The van der Waals surface area contributed by atoms with E-state index in [1.54, 1.807) is 18.3 Å². The maximum absolute atomic E-state index is 12.5. The third-order valence-corrected chi connectivity index (χ3v) is 5.04.